The summed E-state index contributed by atoms with van der Waals surface area (Å²) in [7, 11) is 0. The molecule has 0 aromatic rings. The molecule has 2 aliphatic heterocycles. The number of hydrogen-bond acceptors (Lipinski definition) is 2. The maximum absolute atomic E-state index is 11.5. The van der Waals surface area contributed by atoms with Gasteiger partial charge in [0.25, 0.3) is 0 Å². The van der Waals surface area contributed by atoms with Crippen LogP contribution in [0.5, 0.6) is 0 Å². The molecule has 1 atom stereocenters. The summed E-state index contributed by atoms with van der Waals surface area (Å²) in [5.41, 5.74) is 0. The molecule has 86 valence electrons. The number of amides is 1. The zero-order chi connectivity index (χ0) is 10.7. The van der Waals surface area contributed by atoms with Crippen LogP contribution in [0.4, 0.5) is 0 Å². The zero-order valence-electron chi connectivity index (χ0n) is 9.67. The molecule has 2 fully saturated rings. The largest absolute Gasteiger partial charge is 0.343 e. The number of nitrogens with zero attached hydrogens (tertiary/aromatic N) is 1. The molecule has 0 aromatic heterocycles. The van der Waals surface area contributed by atoms with Gasteiger partial charge in [-0.1, -0.05) is 6.92 Å². The number of carbonyl (C=O) groups is 1. The molecule has 2 heterocycles. The standard InChI is InChI=1S/C12H22N2O/c1-2-12(15)14-7-4-10(5-8-14)11-3-6-13-9-11/h10-11,13H,2-9H2,1H3. The number of likely N-dealkylation sites (tertiary alicyclic amines) is 1. The first-order valence-corrected chi connectivity index (χ1v) is 6.29. The maximum atomic E-state index is 11.5. The molecular formula is C12H22N2O. The third-order valence-corrected chi connectivity index (χ3v) is 3.96. The zero-order valence-corrected chi connectivity index (χ0v) is 9.67. The fraction of sp³-hybridized carbons (Fsp3) is 0.917. The van der Waals surface area contributed by atoms with Crippen molar-refractivity contribution in [3.63, 3.8) is 0 Å². The molecule has 15 heavy (non-hydrogen) atoms. The Bertz CT molecular complexity index is 216. The molecule has 0 bridgehead atoms. The van der Waals surface area contributed by atoms with E-state index in [1.165, 1.54) is 32.4 Å². The molecule has 0 spiro atoms. The predicted octanol–water partition coefficient (Wildman–Crippen LogP) is 1.24. The third kappa shape index (κ3) is 2.51. The Kier molecular flexibility index (Phi) is 3.62. The Morgan fingerprint density at radius 2 is 2.00 bits per heavy atom. The van der Waals surface area contributed by atoms with Crippen molar-refractivity contribution in [1.82, 2.24) is 10.2 Å². The lowest BCUT2D eigenvalue weighted by Crippen LogP contribution is -2.40. The van der Waals surface area contributed by atoms with Gasteiger partial charge in [0.05, 0.1) is 0 Å². The van der Waals surface area contributed by atoms with Gasteiger partial charge in [-0.2, -0.15) is 0 Å². The van der Waals surface area contributed by atoms with E-state index in [1.54, 1.807) is 0 Å². The van der Waals surface area contributed by atoms with Gasteiger partial charge in [0, 0.05) is 19.5 Å². The summed E-state index contributed by atoms with van der Waals surface area (Å²) < 4.78 is 0. The number of nitrogens with one attached hydrogen (secondary N) is 1. The van der Waals surface area contributed by atoms with Crippen LogP contribution in [-0.4, -0.2) is 37.0 Å². The van der Waals surface area contributed by atoms with Gasteiger partial charge in [0.1, 0.15) is 0 Å². The highest BCUT2D eigenvalue weighted by molar-refractivity contribution is 5.75. The van der Waals surface area contributed by atoms with Crippen molar-refractivity contribution in [2.75, 3.05) is 26.2 Å². The molecule has 2 rings (SSSR count). The Labute approximate surface area is 92.2 Å². The van der Waals surface area contributed by atoms with Crippen molar-refractivity contribution in [2.45, 2.75) is 32.6 Å². The Hall–Kier alpha value is -0.570. The van der Waals surface area contributed by atoms with Crippen LogP contribution in [0.2, 0.25) is 0 Å². The summed E-state index contributed by atoms with van der Waals surface area (Å²) in [6, 6.07) is 0. The van der Waals surface area contributed by atoms with Crippen LogP contribution in [0.25, 0.3) is 0 Å². The number of carbonyl (C=O) groups excluding carboxylic acids is 1. The molecule has 1 unspecified atom stereocenters. The minimum Gasteiger partial charge on any atom is -0.343 e. The van der Waals surface area contributed by atoms with Crippen molar-refractivity contribution < 1.29 is 4.79 Å². The highest BCUT2D eigenvalue weighted by Crippen LogP contribution is 2.28. The van der Waals surface area contributed by atoms with Crippen LogP contribution in [0.15, 0.2) is 0 Å². The summed E-state index contributed by atoms with van der Waals surface area (Å²) in [5.74, 6) is 2.07. The van der Waals surface area contributed by atoms with E-state index in [0.717, 1.165) is 24.9 Å². The molecule has 3 heteroatoms. The Morgan fingerprint density at radius 3 is 2.53 bits per heavy atom. The van der Waals surface area contributed by atoms with E-state index >= 15 is 0 Å². The summed E-state index contributed by atoms with van der Waals surface area (Å²) in [6.07, 6.45) is 4.44. The molecule has 3 nitrogen and oxygen atoms in total. The average molecular weight is 210 g/mol. The van der Waals surface area contributed by atoms with Gasteiger partial charge in [-0.15, -0.1) is 0 Å². The minimum absolute atomic E-state index is 0.331. The van der Waals surface area contributed by atoms with Gasteiger partial charge in [0.15, 0.2) is 0 Å². The highest BCUT2D eigenvalue weighted by Gasteiger charge is 2.29. The van der Waals surface area contributed by atoms with Crippen LogP contribution in [0, 0.1) is 11.8 Å². The van der Waals surface area contributed by atoms with Gasteiger partial charge in [-0.25, -0.2) is 0 Å². The second kappa shape index (κ2) is 4.97. The molecule has 0 saturated carbocycles. The number of hydrogen-bond donors (Lipinski definition) is 1. The quantitative estimate of drug-likeness (QED) is 0.744. The van der Waals surface area contributed by atoms with Gasteiger partial charge < -0.3 is 10.2 Å². The fourth-order valence-corrected chi connectivity index (χ4v) is 2.92. The smallest absolute Gasteiger partial charge is 0.222 e. The van der Waals surface area contributed by atoms with Crippen molar-refractivity contribution >= 4 is 5.91 Å². The van der Waals surface area contributed by atoms with Gasteiger partial charge >= 0.3 is 0 Å². The van der Waals surface area contributed by atoms with Gasteiger partial charge in [-0.05, 0) is 44.2 Å². The summed E-state index contributed by atoms with van der Waals surface area (Å²) in [5, 5.41) is 3.43. The lowest BCUT2D eigenvalue weighted by Gasteiger charge is -2.34. The molecule has 0 radical (unpaired) electrons. The molecular weight excluding hydrogens is 188 g/mol. The fourth-order valence-electron chi connectivity index (χ4n) is 2.92. The monoisotopic (exact) mass is 210 g/mol. The molecule has 2 saturated heterocycles. The van der Waals surface area contributed by atoms with E-state index in [0.29, 0.717) is 12.3 Å². The van der Waals surface area contributed by atoms with Gasteiger partial charge in [0.2, 0.25) is 5.91 Å². The first-order chi connectivity index (χ1) is 7.31. The third-order valence-electron chi connectivity index (χ3n) is 3.96. The van der Waals surface area contributed by atoms with Crippen LogP contribution < -0.4 is 5.32 Å². The van der Waals surface area contributed by atoms with Crippen molar-refractivity contribution in [3.05, 3.63) is 0 Å². The van der Waals surface area contributed by atoms with Crippen molar-refractivity contribution in [1.29, 1.82) is 0 Å². The van der Waals surface area contributed by atoms with Crippen LogP contribution in [0.1, 0.15) is 32.6 Å². The lowest BCUT2D eigenvalue weighted by atomic mass is 9.84. The Balaban J connectivity index is 1.78. The van der Waals surface area contributed by atoms with E-state index in [-0.39, 0.29) is 0 Å². The first kappa shape index (κ1) is 10.9. The van der Waals surface area contributed by atoms with Crippen molar-refractivity contribution in [3.8, 4) is 0 Å². The van der Waals surface area contributed by atoms with E-state index in [9.17, 15) is 4.79 Å². The van der Waals surface area contributed by atoms with E-state index in [2.05, 4.69) is 5.32 Å². The average Bonchev–Trinajstić information content (AvgIpc) is 2.82. The van der Waals surface area contributed by atoms with E-state index in [1.807, 2.05) is 11.8 Å². The van der Waals surface area contributed by atoms with Crippen LogP contribution in [-0.2, 0) is 4.79 Å². The molecule has 0 aliphatic carbocycles. The van der Waals surface area contributed by atoms with Crippen LogP contribution in [0.3, 0.4) is 0 Å². The molecule has 1 amide bonds. The van der Waals surface area contributed by atoms with E-state index < -0.39 is 0 Å². The summed E-state index contributed by atoms with van der Waals surface area (Å²) in [6.45, 7) is 6.34. The predicted molar refractivity (Wildman–Crippen MR) is 60.6 cm³/mol. The van der Waals surface area contributed by atoms with Crippen LogP contribution >= 0.6 is 0 Å². The highest BCUT2D eigenvalue weighted by atomic mass is 16.2. The Morgan fingerprint density at radius 1 is 1.27 bits per heavy atom. The maximum Gasteiger partial charge on any atom is 0.222 e. The second-order valence-corrected chi connectivity index (χ2v) is 4.82. The van der Waals surface area contributed by atoms with Gasteiger partial charge in [-0.3, -0.25) is 4.79 Å². The summed E-state index contributed by atoms with van der Waals surface area (Å²) in [4.78, 5) is 13.5. The molecule has 2 aliphatic rings. The SMILES string of the molecule is CCC(=O)N1CCC(C2CCNC2)CC1. The van der Waals surface area contributed by atoms with Crippen molar-refractivity contribution in [2.24, 2.45) is 11.8 Å². The molecule has 0 aromatic carbocycles. The minimum atomic E-state index is 0.331. The lowest BCUT2D eigenvalue weighted by molar-refractivity contribution is -0.132. The second-order valence-electron chi connectivity index (χ2n) is 4.82. The van der Waals surface area contributed by atoms with E-state index in [4.69, 9.17) is 0 Å². The normalized spacial score (nSPS) is 28.3. The molecule has 1 N–H and O–H groups in total. The first-order valence-electron chi connectivity index (χ1n) is 6.29. The summed E-state index contributed by atoms with van der Waals surface area (Å²) >= 11 is 0. The number of rotatable bonds is 2. The number of piperidine rings is 1. The topological polar surface area (TPSA) is 32.3 Å².